The average molecular weight is 291 g/mol. The van der Waals surface area contributed by atoms with Crippen molar-refractivity contribution in [3.8, 4) is 0 Å². The zero-order valence-corrected chi connectivity index (χ0v) is 12.5. The summed E-state index contributed by atoms with van der Waals surface area (Å²) in [5, 5.41) is 7.83. The predicted octanol–water partition coefficient (Wildman–Crippen LogP) is 1.93. The Kier molecular flexibility index (Phi) is 6.39. The molecule has 1 unspecified atom stereocenters. The molecule has 0 bridgehead atoms. The van der Waals surface area contributed by atoms with Gasteiger partial charge in [0.2, 0.25) is 5.91 Å². The van der Waals surface area contributed by atoms with E-state index < -0.39 is 12.1 Å². The fraction of sp³-hybridized carbons (Fsp3) is 0.400. The molecule has 0 heterocycles. The summed E-state index contributed by atoms with van der Waals surface area (Å²) in [6.07, 6.45) is 0.836. The molecule has 114 valence electrons. The standard InChI is InChI=1S/C15H21N3O3/c1-4-8-16-14(20)10(2)17-15(21)18-13-7-5-6-12(9-13)11(3)19/h5-7,9-10H,4,8H2,1-3H3,(H,16,20)(H2,17,18,21). The van der Waals surface area contributed by atoms with Gasteiger partial charge in [0.1, 0.15) is 6.04 Å². The molecule has 1 rings (SSSR count). The van der Waals surface area contributed by atoms with E-state index in [1.54, 1.807) is 31.2 Å². The molecule has 21 heavy (non-hydrogen) atoms. The van der Waals surface area contributed by atoms with Gasteiger partial charge in [-0.2, -0.15) is 0 Å². The molecule has 3 N–H and O–H groups in total. The van der Waals surface area contributed by atoms with E-state index in [-0.39, 0.29) is 11.7 Å². The first-order valence-electron chi connectivity index (χ1n) is 6.90. The second-order valence-electron chi connectivity index (χ2n) is 4.75. The Morgan fingerprint density at radius 2 is 1.95 bits per heavy atom. The van der Waals surface area contributed by atoms with Crippen molar-refractivity contribution < 1.29 is 14.4 Å². The highest BCUT2D eigenvalue weighted by Gasteiger charge is 2.14. The molecule has 0 radical (unpaired) electrons. The molecule has 3 amide bonds. The van der Waals surface area contributed by atoms with Crippen LogP contribution in [-0.2, 0) is 4.79 Å². The third-order valence-electron chi connectivity index (χ3n) is 2.82. The summed E-state index contributed by atoms with van der Waals surface area (Å²) in [5.74, 6) is -0.309. The Bertz CT molecular complexity index is 529. The quantitative estimate of drug-likeness (QED) is 0.700. The number of Topliss-reactive ketones (excluding diaryl/α,β-unsaturated/α-hetero) is 1. The lowest BCUT2D eigenvalue weighted by atomic mass is 10.1. The number of carbonyl (C=O) groups excluding carboxylic acids is 3. The van der Waals surface area contributed by atoms with Gasteiger partial charge in [0, 0.05) is 17.8 Å². The average Bonchev–Trinajstić information content (AvgIpc) is 2.44. The lowest BCUT2D eigenvalue weighted by Gasteiger charge is -2.14. The Balaban J connectivity index is 2.55. The summed E-state index contributed by atoms with van der Waals surface area (Å²) in [6, 6.07) is 5.50. The highest BCUT2D eigenvalue weighted by Crippen LogP contribution is 2.10. The molecule has 0 aliphatic carbocycles. The molecule has 0 fully saturated rings. The summed E-state index contributed by atoms with van der Waals surface area (Å²) < 4.78 is 0. The van der Waals surface area contributed by atoms with Gasteiger partial charge in [0.15, 0.2) is 5.78 Å². The van der Waals surface area contributed by atoms with Gasteiger partial charge in [-0.25, -0.2) is 4.79 Å². The summed E-state index contributed by atoms with van der Waals surface area (Å²) >= 11 is 0. The summed E-state index contributed by atoms with van der Waals surface area (Å²) in [4.78, 5) is 34.7. The van der Waals surface area contributed by atoms with Gasteiger partial charge in [-0.3, -0.25) is 9.59 Å². The molecule has 1 aromatic carbocycles. The highest BCUT2D eigenvalue weighted by molar-refractivity contribution is 5.97. The van der Waals surface area contributed by atoms with Crippen LogP contribution in [0.3, 0.4) is 0 Å². The van der Waals surface area contributed by atoms with Gasteiger partial charge in [-0.15, -0.1) is 0 Å². The monoisotopic (exact) mass is 291 g/mol. The van der Waals surface area contributed by atoms with E-state index >= 15 is 0 Å². The lowest BCUT2D eigenvalue weighted by Crippen LogP contribution is -2.46. The van der Waals surface area contributed by atoms with Crippen LogP contribution in [0.4, 0.5) is 10.5 Å². The van der Waals surface area contributed by atoms with Crippen LogP contribution in [0.5, 0.6) is 0 Å². The highest BCUT2D eigenvalue weighted by atomic mass is 16.2. The van der Waals surface area contributed by atoms with Crippen molar-refractivity contribution in [2.24, 2.45) is 0 Å². The maximum Gasteiger partial charge on any atom is 0.319 e. The van der Waals surface area contributed by atoms with Crippen LogP contribution in [0.1, 0.15) is 37.6 Å². The Morgan fingerprint density at radius 3 is 2.57 bits per heavy atom. The fourth-order valence-electron chi connectivity index (χ4n) is 1.65. The van der Waals surface area contributed by atoms with Gasteiger partial charge < -0.3 is 16.0 Å². The van der Waals surface area contributed by atoms with E-state index in [2.05, 4.69) is 16.0 Å². The molecule has 0 aromatic heterocycles. The molecule has 0 spiro atoms. The molecule has 1 atom stereocenters. The van der Waals surface area contributed by atoms with Crippen molar-refractivity contribution in [3.63, 3.8) is 0 Å². The zero-order valence-electron chi connectivity index (χ0n) is 12.5. The normalized spacial score (nSPS) is 11.4. The van der Waals surface area contributed by atoms with Crippen LogP contribution in [0.2, 0.25) is 0 Å². The van der Waals surface area contributed by atoms with Gasteiger partial charge >= 0.3 is 6.03 Å². The van der Waals surface area contributed by atoms with E-state index in [0.29, 0.717) is 17.8 Å². The molecule has 0 saturated carbocycles. The minimum absolute atomic E-state index is 0.0774. The van der Waals surface area contributed by atoms with Crippen molar-refractivity contribution in [2.75, 3.05) is 11.9 Å². The van der Waals surface area contributed by atoms with E-state index in [1.807, 2.05) is 6.92 Å². The molecule has 6 nitrogen and oxygen atoms in total. The number of rotatable bonds is 6. The number of anilines is 1. The SMILES string of the molecule is CCCNC(=O)C(C)NC(=O)Nc1cccc(C(C)=O)c1. The number of hydrogen-bond acceptors (Lipinski definition) is 3. The third-order valence-corrected chi connectivity index (χ3v) is 2.82. The first-order valence-corrected chi connectivity index (χ1v) is 6.90. The van der Waals surface area contributed by atoms with E-state index in [0.717, 1.165) is 6.42 Å². The lowest BCUT2D eigenvalue weighted by molar-refractivity contribution is -0.122. The molecule has 0 aliphatic rings. The number of amides is 3. The van der Waals surface area contributed by atoms with Gasteiger partial charge in [0.25, 0.3) is 0 Å². The predicted molar refractivity (Wildman–Crippen MR) is 81.4 cm³/mol. The molecule has 1 aromatic rings. The molecular weight excluding hydrogens is 270 g/mol. The van der Waals surface area contributed by atoms with Crippen molar-refractivity contribution >= 4 is 23.4 Å². The van der Waals surface area contributed by atoms with E-state index in [1.165, 1.54) is 6.92 Å². The largest absolute Gasteiger partial charge is 0.354 e. The van der Waals surface area contributed by atoms with Crippen LogP contribution in [0.15, 0.2) is 24.3 Å². The van der Waals surface area contributed by atoms with Gasteiger partial charge in [0.05, 0.1) is 0 Å². The van der Waals surface area contributed by atoms with Crippen molar-refractivity contribution in [1.82, 2.24) is 10.6 Å². The smallest absolute Gasteiger partial charge is 0.319 e. The van der Waals surface area contributed by atoms with Crippen LogP contribution >= 0.6 is 0 Å². The van der Waals surface area contributed by atoms with Crippen molar-refractivity contribution in [1.29, 1.82) is 0 Å². The maximum atomic E-state index is 11.8. The van der Waals surface area contributed by atoms with Crippen LogP contribution in [0, 0.1) is 0 Å². The van der Waals surface area contributed by atoms with Gasteiger partial charge in [-0.05, 0) is 32.4 Å². The summed E-state index contributed by atoms with van der Waals surface area (Å²) in [5.41, 5.74) is 1.02. The molecule has 6 heteroatoms. The van der Waals surface area contributed by atoms with Crippen LogP contribution in [0.25, 0.3) is 0 Å². The molecular formula is C15H21N3O3. The minimum atomic E-state index is -0.632. The molecule has 0 aliphatic heterocycles. The number of hydrogen-bond donors (Lipinski definition) is 3. The van der Waals surface area contributed by atoms with Crippen molar-refractivity contribution in [2.45, 2.75) is 33.2 Å². The molecule has 0 saturated heterocycles. The second-order valence-corrected chi connectivity index (χ2v) is 4.75. The topological polar surface area (TPSA) is 87.3 Å². The van der Waals surface area contributed by atoms with Crippen LogP contribution < -0.4 is 16.0 Å². The van der Waals surface area contributed by atoms with Gasteiger partial charge in [-0.1, -0.05) is 19.1 Å². The Morgan fingerprint density at radius 1 is 1.24 bits per heavy atom. The Labute approximate surface area is 124 Å². The maximum absolute atomic E-state index is 11.8. The summed E-state index contributed by atoms with van der Waals surface area (Å²) in [7, 11) is 0. The Hall–Kier alpha value is -2.37. The number of nitrogens with one attached hydrogen (secondary N) is 3. The number of carbonyl (C=O) groups is 3. The van der Waals surface area contributed by atoms with E-state index in [9.17, 15) is 14.4 Å². The number of benzene rings is 1. The van der Waals surface area contributed by atoms with Crippen molar-refractivity contribution in [3.05, 3.63) is 29.8 Å². The third kappa shape index (κ3) is 5.64. The fourth-order valence-corrected chi connectivity index (χ4v) is 1.65. The first kappa shape index (κ1) is 16.7. The summed E-state index contributed by atoms with van der Waals surface area (Å²) in [6.45, 7) is 5.59. The van der Waals surface area contributed by atoms with Crippen LogP contribution in [-0.4, -0.2) is 30.3 Å². The number of ketones is 1. The second kappa shape index (κ2) is 8.04. The minimum Gasteiger partial charge on any atom is -0.354 e. The van der Waals surface area contributed by atoms with E-state index in [4.69, 9.17) is 0 Å². The number of urea groups is 1. The zero-order chi connectivity index (χ0) is 15.8. The first-order chi connectivity index (χ1) is 9.93.